The molecule has 1 rings (SSSR count). The lowest BCUT2D eigenvalue weighted by atomic mass is 10.0. The van der Waals surface area contributed by atoms with Gasteiger partial charge in [0.15, 0.2) is 0 Å². The Kier molecular flexibility index (Phi) is 17.2. The van der Waals surface area contributed by atoms with Gasteiger partial charge in [0, 0.05) is 0 Å². The summed E-state index contributed by atoms with van der Waals surface area (Å²) in [5, 5.41) is 4.43. The van der Waals surface area contributed by atoms with Crippen molar-refractivity contribution in [1.82, 2.24) is 0 Å². The molecule has 194 valence electrons. The normalized spacial score (nSPS) is 14.0. The fourth-order valence-corrected chi connectivity index (χ4v) is 4.66. The molecule has 0 unspecified atom stereocenters. The largest absolute Gasteiger partial charge is 0.152 e. The van der Waals surface area contributed by atoms with Crippen LogP contribution < -0.4 is 0 Å². The molecule has 0 atom stereocenters. The SMILES string of the molecule is CC(C)=CC/C(C)=C/CC/C(C)=C/CC/C(C)=C/CC/C(C)=C/CC/C(C)=C/CCc1ccsc1. The third-order valence-corrected chi connectivity index (χ3v) is 7.20. The quantitative estimate of drug-likeness (QED) is 0.190. The zero-order chi connectivity index (χ0) is 25.9. The third kappa shape index (κ3) is 18.1. The van der Waals surface area contributed by atoms with E-state index in [9.17, 15) is 0 Å². The van der Waals surface area contributed by atoms with Crippen LogP contribution >= 0.6 is 11.3 Å². The van der Waals surface area contributed by atoms with Gasteiger partial charge in [-0.3, -0.25) is 0 Å². The summed E-state index contributed by atoms with van der Waals surface area (Å²) in [6.45, 7) is 15.7. The maximum atomic E-state index is 2.45. The summed E-state index contributed by atoms with van der Waals surface area (Å²) >= 11 is 1.80. The van der Waals surface area contributed by atoms with Crippen molar-refractivity contribution in [3.8, 4) is 0 Å². The maximum absolute atomic E-state index is 2.45. The molecular weight excluding hydrogens is 440 g/mol. The molecule has 1 heterocycles. The molecule has 0 aliphatic carbocycles. The number of aryl methyl sites for hydroxylation is 1. The molecule has 0 spiro atoms. The first-order valence-electron chi connectivity index (χ1n) is 13.7. The molecule has 0 fully saturated rings. The van der Waals surface area contributed by atoms with Crippen LogP contribution in [-0.4, -0.2) is 0 Å². The smallest absolute Gasteiger partial charge is 0.00611 e. The lowest BCUT2D eigenvalue weighted by Gasteiger charge is -2.04. The van der Waals surface area contributed by atoms with Crippen LogP contribution in [0.5, 0.6) is 0 Å². The molecule has 0 nitrogen and oxygen atoms in total. The highest BCUT2D eigenvalue weighted by molar-refractivity contribution is 7.07. The maximum Gasteiger partial charge on any atom is -0.00611 e. The van der Waals surface area contributed by atoms with Gasteiger partial charge in [-0.2, -0.15) is 11.3 Å². The molecule has 0 aliphatic rings. The van der Waals surface area contributed by atoms with E-state index in [0.29, 0.717) is 0 Å². The summed E-state index contributed by atoms with van der Waals surface area (Å²) in [7, 11) is 0. The van der Waals surface area contributed by atoms with Gasteiger partial charge in [-0.1, -0.05) is 69.9 Å². The zero-order valence-corrected chi connectivity index (χ0v) is 24.7. The zero-order valence-electron chi connectivity index (χ0n) is 23.9. The van der Waals surface area contributed by atoms with Gasteiger partial charge in [0.25, 0.3) is 0 Å². The highest BCUT2D eigenvalue weighted by Crippen LogP contribution is 2.16. The highest BCUT2D eigenvalue weighted by Gasteiger charge is 1.96. The summed E-state index contributed by atoms with van der Waals surface area (Å²) < 4.78 is 0. The van der Waals surface area contributed by atoms with Crippen LogP contribution in [0.2, 0.25) is 0 Å². The first-order valence-corrected chi connectivity index (χ1v) is 14.6. The Morgan fingerprint density at radius 1 is 0.571 bits per heavy atom. The molecule has 0 bridgehead atoms. The number of hydrogen-bond donors (Lipinski definition) is 0. The lowest BCUT2D eigenvalue weighted by molar-refractivity contribution is 0.887. The Morgan fingerprint density at radius 2 is 1.00 bits per heavy atom. The number of thiophene rings is 1. The predicted molar refractivity (Wildman–Crippen MR) is 162 cm³/mol. The molecule has 35 heavy (non-hydrogen) atoms. The lowest BCUT2D eigenvalue weighted by Crippen LogP contribution is -1.84. The van der Waals surface area contributed by atoms with Crippen LogP contribution in [0.15, 0.2) is 86.7 Å². The fourth-order valence-electron chi connectivity index (χ4n) is 3.96. The second-order valence-corrected chi connectivity index (χ2v) is 11.3. The van der Waals surface area contributed by atoms with Crippen LogP contribution in [0.3, 0.4) is 0 Å². The first-order chi connectivity index (χ1) is 16.8. The van der Waals surface area contributed by atoms with E-state index >= 15 is 0 Å². The minimum Gasteiger partial charge on any atom is -0.152 e. The minimum absolute atomic E-state index is 1.09. The number of allylic oxidation sites excluding steroid dienone is 12. The van der Waals surface area contributed by atoms with E-state index in [1.807, 2.05) is 0 Å². The van der Waals surface area contributed by atoms with Gasteiger partial charge in [-0.15, -0.1) is 0 Å². The van der Waals surface area contributed by atoms with E-state index in [2.05, 4.69) is 102 Å². The van der Waals surface area contributed by atoms with E-state index in [1.54, 1.807) is 11.3 Å². The average molecular weight is 493 g/mol. The van der Waals surface area contributed by atoms with Crippen molar-refractivity contribution < 1.29 is 0 Å². The van der Waals surface area contributed by atoms with Gasteiger partial charge in [0.05, 0.1) is 0 Å². The molecule has 0 saturated heterocycles. The van der Waals surface area contributed by atoms with Crippen molar-refractivity contribution in [2.24, 2.45) is 0 Å². The van der Waals surface area contributed by atoms with Gasteiger partial charge >= 0.3 is 0 Å². The standard InChI is InChI=1S/C34H52S/c1-28(2)23-24-33(7)20-11-19-31(5)16-9-15-29(3)13-8-14-30(4)17-10-18-32(6)21-12-22-34-25-26-35-27-34/h13,16-17,20-21,23,25-27H,8-12,14-15,18-19,22,24H2,1-7H3/b29-13+,30-17+,31-16+,32-21+,33-20+. The fraction of sp³-hybridized carbons (Fsp3) is 0.529. The summed E-state index contributed by atoms with van der Waals surface area (Å²) in [5.41, 5.74) is 10.5. The second kappa shape index (κ2) is 19.3. The molecular formula is C34H52S. The molecule has 0 radical (unpaired) electrons. The van der Waals surface area contributed by atoms with Crippen molar-refractivity contribution in [2.75, 3.05) is 0 Å². The van der Waals surface area contributed by atoms with Crippen molar-refractivity contribution in [1.29, 1.82) is 0 Å². The number of rotatable bonds is 17. The molecule has 0 amide bonds. The van der Waals surface area contributed by atoms with Crippen molar-refractivity contribution in [3.63, 3.8) is 0 Å². The Hall–Kier alpha value is -1.86. The van der Waals surface area contributed by atoms with Gasteiger partial charge < -0.3 is 0 Å². The minimum atomic E-state index is 1.09. The first kappa shape index (κ1) is 31.2. The molecule has 1 aromatic rings. The van der Waals surface area contributed by atoms with Crippen molar-refractivity contribution in [3.05, 3.63) is 92.3 Å². The summed E-state index contributed by atoms with van der Waals surface area (Å²) in [6, 6.07) is 2.24. The molecule has 0 N–H and O–H groups in total. The van der Waals surface area contributed by atoms with Crippen LogP contribution in [0, 0.1) is 0 Å². The second-order valence-electron chi connectivity index (χ2n) is 10.6. The molecule has 0 saturated carbocycles. The summed E-state index contributed by atoms with van der Waals surface area (Å²) in [6.07, 6.45) is 27.3. The van der Waals surface area contributed by atoms with Crippen LogP contribution in [0.1, 0.15) is 118 Å². The molecule has 0 aromatic carbocycles. The molecule has 1 aromatic heterocycles. The van der Waals surface area contributed by atoms with E-state index < -0.39 is 0 Å². The van der Waals surface area contributed by atoms with Gasteiger partial charge in [-0.05, 0) is 141 Å². The van der Waals surface area contributed by atoms with Crippen LogP contribution in [0.4, 0.5) is 0 Å². The summed E-state index contributed by atoms with van der Waals surface area (Å²) in [5.74, 6) is 0. The Morgan fingerprint density at radius 3 is 1.40 bits per heavy atom. The van der Waals surface area contributed by atoms with Crippen molar-refractivity contribution >= 4 is 11.3 Å². The highest BCUT2D eigenvalue weighted by atomic mass is 32.1. The number of hydrogen-bond acceptors (Lipinski definition) is 1. The van der Waals surface area contributed by atoms with E-state index in [4.69, 9.17) is 0 Å². The molecule has 1 heteroatoms. The third-order valence-electron chi connectivity index (χ3n) is 6.46. The molecule has 0 aliphatic heterocycles. The predicted octanol–water partition coefficient (Wildman–Crippen LogP) is 11.9. The monoisotopic (exact) mass is 492 g/mol. The average Bonchev–Trinajstić information content (AvgIpc) is 3.31. The Labute approximate surface area is 222 Å². The van der Waals surface area contributed by atoms with E-state index in [0.717, 1.165) is 19.3 Å². The van der Waals surface area contributed by atoms with Crippen LogP contribution in [-0.2, 0) is 6.42 Å². The van der Waals surface area contributed by atoms with Gasteiger partial charge in [0.2, 0.25) is 0 Å². The van der Waals surface area contributed by atoms with E-state index in [-0.39, 0.29) is 0 Å². The summed E-state index contributed by atoms with van der Waals surface area (Å²) in [4.78, 5) is 0. The van der Waals surface area contributed by atoms with Crippen LogP contribution in [0.25, 0.3) is 0 Å². The van der Waals surface area contributed by atoms with Crippen molar-refractivity contribution in [2.45, 2.75) is 119 Å². The Balaban J connectivity index is 2.20. The van der Waals surface area contributed by atoms with E-state index in [1.165, 1.54) is 90.4 Å². The van der Waals surface area contributed by atoms with Gasteiger partial charge in [-0.25, -0.2) is 0 Å². The topological polar surface area (TPSA) is 0 Å². The Bertz CT molecular complexity index is 877. The van der Waals surface area contributed by atoms with Gasteiger partial charge in [0.1, 0.15) is 0 Å².